The summed E-state index contributed by atoms with van der Waals surface area (Å²) in [6.45, 7) is 2.46. The maximum Gasteiger partial charge on any atom is 0.337 e. The molecule has 0 amide bonds. The molecule has 5 heteroatoms. The normalized spacial score (nSPS) is 12.6. The van der Waals surface area contributed by atoms with Crippen LogP contribution in [0, 0.1) is 0 Å². The number of hydrogen-bond donors (Lipinski definition) is 0. The van der Waals surface area contributed by atoms with Gasteiger partial charge in [0.1, 0.15) is 5.75 Å². The first kappa shape index (κ1) is 20.6. The molecule has 0 radical (unpaired) electrons. The zero-order valence-electron chi connectivity index (χ0n) is 16.9. The van der Waals surface area contributed by atoms with Gasteiger partial charge in [0.15, 0.2) is 0 Å². The van der Waals surface area contributed by atoms with E-state index < -0.39 is 0 Å². The number of hydrogen-bond acceptors (Lipinski definition) is 5. The second-order valence-corrected chi connectivity index (χ2v) is 6.99. The summed E-state index contributed by atoms with van der Waals surface area (Å²) < 4.78 is 15.5. The third kappa shape index (κ3) is 5.70. The van der Waals surface area contributed by atoms with Gasteiger partial charge in [-0.1, -0.05) is 24.3 Å². The molecule has 0 unspecified atom stereocenters. The lowest BCUT2D eigenvalue weighted by Crippen LogP contribution is -2.05. The summed E-state index contributed by atoms with van der Waals surface area (Å²) in [7, 11) is 1.39. The topological polar surface area (TPSA) is 61.8 Å². The van der Waals surface area contributed by atoms with Gasteiger partial charge in [-0.15, -0.1) is 0 Å². The number of carbonyl (C=O) groups is 2. The van der Waals surface area contributed by atoms with Crippen LogP contribution in [0.4, 0.5) is 0 Å². The largest absolute Gasteiger partial charge is 0.494 e. The van der Waals surface area contributed by atoms with Crippen molar-refractivity contribution in [3.05, 3.63) is 64.7 Å². The van der Waals surface area contributed by atoms with E-state index in [1.54, 1.807) is 12.1 Å². The van der Waals surface area contributed by atoms with Crippen LogP contribution in [0.1, 0.15) is 53.2 Å². The fraction of sp³-hybridized carbons (Fsp3) is 0.333. The first-order valence-electron chi connectivity index (χ1n) is 9.85. The first-order valence-corrected chi connectivity index (χ1v) is 9.85. The van der Waals surface area contributed by atoms with Gasteiger partial charge < -0.3 is 14.2 Å². The molecule has 152 valence electrons. The third-order valence-corrected chi connectivity index (χ3v) is 4.90. The van der Waals surface area contributed by atoms with E-state index in [0.717, 1.165) is 37.0 Å². The smallest absolute Gasteiger partial charge is 0.337 e. The molecule has 0 fully saturated rings. The highest BCUT2D eigenvalue weighted by Crippen LogP contribution is 2.32. The van der Waals surface area contributed by atoms with Crippen LogP contribution in [0.15, 0.2) is 42.5 Å². The van der Waals surface area contributed by atoms with Crippen molar-refractivity contribution in [2.45, 2.75) is 32.6 Å². The zero-order valence-corrected chi connectivity index (χ0v) is 16.9. The third-order valence-electron chi connectivity index (χ3n) is 4.90. The number of unbranched alkanes of at least 4 members (excludes halogenated alkanes) is 1. The molecule has 2 aromatic carbocycles. The van der Waals surface area contributed by atoms with Crippen LogP contribution in [0.3, 0.4) is 0 Å². The van der Waals surface area contributed by atoms with Gasteiger partial charge in [-0.3, -0.25) is 4.79 Å². The average molecular weight is 394 g/mol. The van der Waals surface area contributed by atoms with Gasteiger partial charge in [0.25, 0.3) is 0 Å². The van der Waals surface area contributed by atoms with Crippen LogP contribution < -0.4 is 4.74 Å². The molecule has 2 aromatic rings. The van der Waals surface area contributed by atoms with E-state index in [4.69, 9.17) is 14.2 Å². The van der Waals surface area contributed by atoms with Gasteiger partial charge in [0.2, 0.25) is 0 Å². The number of ether oxygens (including phenoxy) is 3. The van der Waals surface area contributed by atoms with E-state index in [1.165, 1.54) is 30.7 Å². The molecule has 1 aliphatic carbocycles. The predicted octanol–water partition coefficient (Wildman–Crippen LogP) is 4.68. The molecule has 0 heterocycles. The summed E-state index contributed by atoms with van der Waals surface area (Å²) in [5.74, 6) is 0.307. The lowest BCUT2D eigenvalue weighted by Gasteiger charge is -2.18. The minimum absolute atomic E-state index is 0.243. The predicted molar refractivity (Wildman–Crippen MR) is 112 cm³/mol. The van der Waals surface area contributed by atoms with E-state index in [9.17, 15) is 9.59 Å². The number of fused-ring (bicyclic) bond motifs is 1. The Morgan fingerprint density at radius 2 is 1.72 bits per heavy atom. The number of aryl methyl sites for hydroxylation is 1. The number of carbonyl (C=O) groups excluding carboxylic acids is 2. The Balaban J connectivity index is 1.58. The zero-order chi connectivity index (χ0) is 20.6. The van der Waals surface area contributed by atoms with Crippen molar-refractivity contribution >= 4 is 23.6 Å². The van der Waals surface area contributed by atoms with Crippen LogP contribution in [0.5, 0.6) is 5.75 Å². The summed E-state index contributed by atoms with van der Waals surface area (Å²) in [6.07, 6.45) is 5.73. The monoisotopic (exact) mass is 394 g/mol. The highest BCUT2D eigenvalue weighted by atomic mass is 16.5. The molecular weight excluding hydrogens is 368 g/mol. The molecule has 0 aromatic heterocycles. The maximum absolute atomic E-state index is 11.6. The lowest BCUT2D eigenvalue weighted by atomic mass is 9.88. The van der Waals surface area contributed by atoms with E-state index in [0.29, 0.717) is 18.8 Å². The van der Waals surface area contributed by atoms with Crippen molar-refractivity contribution in [2.75, 3.05) is 20.3 Å². The summed E-state index contributed by atoms with van der Waals surface area (Å²) in [6, 6.07) is 13.7. The Morgan fingerprint density at radius 1 is 0.966 bits per heavy atom. The molecule has 0 saturated heterocycles. The Bertz CT molecular complexity index is 896. The number of allylic oxidation sites excluding steroid dienone is 1. The van der Waals surface area contributed by atoms with E-state index in [-0.39, 0.29) is 11.9 Å². The number of rotatable bonds is 8. The van der Waals surface area contributed by atoms with Crippen LogP contribution >= 0.6 is 0 Å². The van der Waals surface area contributed by atoms with Crippen molar-refractivity contribution in [1.29, 1.82) is 0 Å². The highest BCUT2D eigenvalue weighted by Gasteiger charge is 2.14. The van der Waals surface area contributed by atoms with Gasteiger partial charge in [-0.2, -0.15) is 0 Å². The van der Waals surface area contributed by atoms with Gasteiger partial charge in [-0.05, 0) is 72.2 Å². The number of benzene rings is 2. The average Bonchev–Trinajstić information content (AvgIpc) is 2.75. The molecule has 5 nitrogen and oxygen atoms in total. The number of methoxy groups -OCH3 is 1. The molecule has 0 saturated carbocycles. The molecule has 0 atom stereocenters. The second-order valence-electron chi connectivity index (χ2n) is 6.99. The molecule has 0 N–H and O–H groups in total. The van der Waals surface area contributed by atoms with Crippen molar-refractivity contribution in [3.63, 3.8) is 0 Å². The van der Waals surface area contributed by atoms with Crippen molar-refractivity contribution < 1.29 is 23.8 Å². The Kier molecular flexibility index (Phi) is 7.06. The molecular formula is C24H26O5. The Hall–Kier alpha value is -3.08. The standard InChI is InChI=1S/C24H26O5/c1-17(25)28-13-3-4-14-29-23-12-11-21-15-20(9-10-22(21)16-23)18-5-7-19(8-6-18)24(26)27-2/h5-8,11-12,15-16H,3-4,9-10,13-14H2,1-2H3. The maximum atomic E-state index is 11.6. The minimum atomic E-state index is -0.321. The van der Waals surface area contributed by atoms with Gasteiger partial charge in [-0.25, -0.2) is 4.79 Å². The summed E-state index contributed by atoms with van der Waals surface area (Å²) in [4.78, 5) is 22.3. The first-order chi connectivity index (χ1) is 14.1. The Morgan fingerprint density at radius 3 is 2.45 bits per heavy atom. The lowest BCUT2D eigenvalue weighted by molar-refractivity contribution is -0.141. The van der Waals surface area contributed by atoms with Crippen LogP contribution in [-0.4, -0.2) is 32.3 Å². The van der Waals surface area contributed by atoms with Crippen LogP contribution in [-0.2, 0) is 20.7 Å². The SMILES string of the molecule is COC(=O)c1ccc(C2=Cc3ccc(OCCCCOC(C)=O)cc3CC2)cc1. The Labute approximate surface area is 171 Å². The van der Waals surface area contributed by atoms with Gasteiger partial charge in [0, 0.05) is 6.92 Å². The molecule has 0 aliphatic heterocycles. The van der Waals surface area contributed by atoms with Crippen LogP contribution in [0.2, 0.25) is 0 Å². The fourth-order valence-electron chi connectivity index (χ4n) is 3.33. The van der Waals surface area contributed by atoms with Crippen molar-refractivity contribution in [2.24, 2.45) is 0 Å². The van der Waals surface area contributed by atoms with Gasteiger partial charge >= 0.3 is 11.9 Å². The van der Waals surface area contributed by atoms with Crippen molar-refractivity contribution in [3.8, 4) is 5.75 Å². The fourth-order valence-corrected chi connectivity index (χ4v) is 3.33. The van der Waals surface area contributed by atoms with E-state index in [1.807, 2.05) is 18.2 Å². The molecule has 0 bridgehead atoms. The molecule has 1 aliphatic rings. The summed E-state index contributed by atoms with van der Waals surface area (Å²) >= 11 is 0. The highest BCUT2D eigenvalue weighted by molar-refractivity contribution is 5.91. The molecule has 29 heavy (non-hydrogen) atoms. The van der Waals surface area contributed by atoms with Gasteiger partial charge in [0.05, 0.1) is 25.9 Å². The quantitative estimate of drug-likeness (QED) is 0.480. The molecule has 0 spiro atoms. The minimum Gasteiger partial charge on any atom is -0.494 e. The van der Waals surface area contributed by atoms with E-state index >= 15 is 0 Å². The number of esters is 2. The van der Waals surface area contributed by atoms with Crippen LogP contribution in [0.25, 0.3) is 11.6 Å². The van der Waals surface area contributed by atoms with E-state index in [2.05, 4.69) is 18.2 Å². The molecule has 3 rings (SSSR count). The summed E-state index contributed by atoms with van der Waals surface area (Å²) in [5, 5.41) is 0. The van der Waals surface area contributed by atoms with Crippen molar-refractivity contribution in [1.82, 2.24) is 0 Å². The second kappa shape index (κ2) is 9.92. The summed E-state index contributed by atoms with van der Waals surface area (Å²) in [5.41, 5.74) is 5.41.